The summed E-state index contributed by atoms with van der Waals surface area (Å²) in [5, 5.41) is 10.1. The van der Waals surface area contributed by atoms with Crippen LogP contribution in [0.2, 0.25) is 0 Å². The highest BCUT2D eigenvalue weighted by atomic mass is 32.1. The van der Waals surface area contributed by atoms with Crippen molar-refractivity contribution < 1.29 is 4.79 Å². The topological polar surface area (TPSA) is 88.8 Å². The molecule has 1 fully saturated rings. The molecule has 1 saturated heterocycles. The van der Waals surface area contributed by atoms with Crippen LogP contribution in [0.15, 0.2) is 23.8 Å². The Morgan fingerprint density at radius 3 is 2.86 bits per heavy atom. The molecule has 0 bridgehead atoms. The number of rotatable bonds is 5. The lowest BCUT2D eigenvalue weighted by atomic mass is 10.0. The highest BCUT2D eigenvalue weighted by Gasteiger charge is 2.27. The molecule has 0 aliphatic carbocycles. The first-order valence-corrected chi connectivity index (χ1v) is 10.7. The number of amides is 1. The number of aromatic nitrogens is 5. The second kappa shape index (κ2) is 8.38. The van der Waals surface area contributed by atoms with Gasteiger partial charge >= 0.3 is 0 Å². The van der Waals surface area contributed by atoms with E-state index in [4.69, 9.17) is 9.97 Å². The van der Waals surface area contributed by atoms with Gasteiger partial charge in [0.2, 0.25) is 0 Å². The van der Waals surface area contributed by atoms with Crippen LogP contribution >= 0.6 is 11.3 Å². The summed E-state index contributed by atoms with van der Waals surface area (Å²) >= 11 is 1.68. The van der Waals surface area contributed by atoms with Gasteiger partial charge in [0.15, 0.2) is 0 Å². The normalized spacial score (nSPS) is 17.4. The van der Waals surface area contributed by atoms with E-state index in [1.54, 1.807) is 41.5 Å². The largest absolute Gasteiger partial charge is 0.306 e. The van der Waals surface area contributed by atoms with Crippen LogP contribution in [-0.4, -0.2) is 42.1 Å². The van der Waals surface area contributed by atoms with E-state index in [9.17, 15) is 4.79 Å². The molecular weight excluding hydrogens is 386 g/mol. The molecule has 0 aromatic carbocycles. The van der Waals surface area contributed by atoms with E-state index in [2.05, 4.69) is 25.7 Å². The zero-order valence-electron chi connectivity index (χ0n) is 16.9. The molecule has 1 amide bonds. The first-order valence-electron chi connectivity index (χ1n) is 9.78. The Bertz CT molecular complexity index is 1010. The average molecular weight is 412 g/mol. The lowest BCUT2D eigenvalue weighted by Crippen LogP contribution is -2.34. The van der Waals surface area contributed by atoms with Crippen molar-refractivity contribution in [1.29, 1.82) is 0 Å². The Morgan fingerprint density at radius 2 is 2.14 bits per heavy atom. The summed E-state index contributed by atoms with van der Waals surface area (Å²) in [4.78, 5) is 28.9. The number of hydrogen-bond donors (Lipinski definition) is 1. The van der Waals surface area contributed by atoms with Gasteiger partial charge in [-0.25, -0.2) is 15.0 Å². The van der Waals surface area contributed by atoms with E-state index in [0.29, 0.717) is 11.4 Å². The first kappa shape index (κ1) is 19.7. The van der Waals surface area contributed by atoms with Crippen LogP contribution in [0.25, 0.3) is 0 Å². The first-order chi connectivity index (χ1) is 14.0. The summed E-state index contributed by atoms with van der Waals surface area (Å²) in [6, 6.07) is 1.93. The average Bonchev–Trinajstić information content (AvgIpc) is 3.30. The molecule has 29 heavy (non-hydrogen) atoms. The number of nitrogens with one attached hydrogen (secondary N) is 1. The van der Waals surface area contributed by atoms with Crippen LogP contribution in [0.1, 0.15) is 57.9 Å². The van der Waals surface area contributed by atoms with Crippen molar-refractivity contribution in [3.8, 4) is 0 Å². The molecule has 3 aromatic heterocycles. The predicted molar refractivity (Wildman–Crippen MR) is 112 cm³/mol. The molecule has 4 heterocycles. The smallest absolute Gasteiger partial charge is 0.260 e. The lowest BCUT2D eigenvalue weighted by Gasteiger charge is -2.34. The number of thiazole rings is 1. The molecule has 1 N–H and O–H groups in total. The van der Waals surface area contributed by atoms with Crippen LogP contribution < -0.4 is 5.32 Å². The number of aryl methyl sites for hydroxylation is 3. The van der Waals surface area contributed by atoms with Gasteiger partial charge in [-0.05, 0) is 33.2 Å². The molecule has 8 nitrogen and oxygen atoms in total. The highest BCUT2D eigenvalue weighted by molar-refractivity contribution is 7.09. The van der Waals surface area contributed by atoms with E-state index in [1.165, 1.54) is 0 Å². The number of piperidine rings is 1. The van der Waals surface area contributed by atoms with Crippen LogP contribution in [-0.2, 0) is 13.6 Å². The van der Waals surface area contributed by atoms with Crippen molar-refractivity contribution in [3.63, 3.8) is 0 Å². The standard InChI is InChI=1S/C20H25N7OS/c1-13-8-18(25-20(28)15-9-21-26(3)10-15)24-19(22-13)17-6-4-5-7-27(17)11-16-12-29-14(2)23-16/h8-10,12,17H,4-7,11H2,1-3H3,(H,22,24,25,28). The minimum absolute atomic E-state index is 0.125. The summed E-state index contributed by atoms with van der Waals surface area (Å²) in [6.07, 6.45) is 6.54. The van der Waals surface area contributed by atoms with E-state index < -0.39 is 0 Å². The Hall–Kier alpha value is -2.65. The minimum atomic E-state index is -0.222. The van der Waals surface area contributed by atoms with E-state index in [0.717, 1.165) is 54.6 Å². The van der Waals surface area contributed by atoms with E-state index >= 15 is 0 Å². The Kier molecular flexibility index (Phi) is 5.68. The third-order valence-electron chi connectivity index (χ3n) is 5.02. The SMILES string of the molecule is Cc1cc(NC(=O)c2cnn(C)c2)nc(C2CCCCN2Cc2csc(C)n2)n1. The number of hydrogen-bond acceptors (Lipinski definition) is 7. The van der Waals surface area contributed by atoms with Crippen molar-refractivity contribution >= 4 is 23.1 Å². The van der Waals surface area contributed by atoms with Crippen molar-refractivity contribution in [3.05, 3.63) is 51.6 Å². The molecule has 1 atom stereocenters. The highest BCUT2D eigenvalue weighted by Crippen LogP contribution is 2.31. The summed E-state index contributed by atoms with van der Waals surface area (Å²) < 4.78 is 1.60. The van der Waals surface area contributed by atoms with Crippen LogP contribution in [0.5, 0.6) is 0 Å². The maximum atomic E-state index is 12.5. The van der Waals surface area contributed by atoms with Gasteiger partial charge in [0, 0.05) is 36.9 Å². The van der Waals surface area contributed by atoms with Crippen molar-refractivity contribution in [2.45, 2.75) is 45.7 Å². The molecule has 152 valence electrons. The van der Waals surface area contributed by atoms with Gasteiger partial charge in [-0.1, -0.05) is 6.42 Å². The molecule has 1 aliphatic rings. The Labute approximate surface area is 174 Å². The monoisotopic (exact) mass is 411 g/mol. The van der Waals surface area contributed by atoms with Gasteiger partial charge in [0.05, 0.1) is 28.5 Å². The molecule has 0 saturated carbocycles. The summed E-state index contributed by atoms with van der Waals surface area (Å²) in [5.41, 5.74) is 2.44. The third kappa shape index (κ3) is 4.68. The van der Waals surface area contributed by atoms with Gasteiger partial charge in [0.1, 0.15) is 11.6 Å². The molecule has 1 aliphatic heterocycles. The van der Waals surface area contributed by atoms with Crippen LogP contribution in [0.3, 0.4) is 0 Å². The molecule has 0 radical (unpaired) electrons. The van der Waals surface area contributed by atoms with Crippen LogP contribution in [0.4, 0.5) is 5.82 Å². The molecule has 0 spiro atoms. The molecular formula is C20H25N7OS. The van der Waals surface area contributed by atoms with Crippen molar-refractivity contribution in [2.24, 2.45) is 7.05 Å². The van der Waals surface area contributed by atoms with Crippen molar-refractivity contribution in [1.82, 2.24) is 29.6 Å². The predicted octanol–water partition coefficient (Wildman–Crippen LogP) is 3.26. The van der Waals surface area contributed by atoms with E-state index in [1.807, 2.05) is 13.8 Å². The third-order valence-corrected chi connectivity index (χ3v) is 5.85. The van der Waals surface area contributed by atoms with Crippen molar-refractivity contribution in [2.75, 3.05) is 11.9 Å². The van der Waals surface area contributed by atoms with Gasteiger partial charge in [0.25, 0.3) is 5.91 Å². The number of nitrogens with zero attached hydrogens (tertiary/aromatic N) is 6. The zero-order valence-corrected chi connectivity index (χ0v) is 17.7. The Morgan fingerprint density at radius 1 is 1.28 bits per heavy atom. The molecule has 9 heteroatoms. The molecule has 3 aromatic rings. The van der Waals surface area contributed by atoms with Gasteiger partial charge in [-0.2, -0.15) is 5.10 Å². The second-order valence-electron chi connectivity index (χ2n) is 7.45. The number of carbonyl (C=O) groups excluding carboxylic acids is 1. The molecule has 4 rings (SSSR count). The number of likely N-dealkylation sites (tertiary alicyclic amines) is 1. The second-order valence-corrected chi connectivity index (χ2v) is 8.51. The quantitative estimate of drug-likeness (QED) is 0.693. The lowest BCUT2D eigenvalue weighted by molar-refractivity contribution is 0.102. The Balaban J connectivity index is 1.55. The summed E-state index contributed by atoms with van der Waals surface area (Å²) in [5.74, 6) is 1.06. The maximum absolute atomic E-state index is 12.5. The summed E-state index contributed by atoms with van der Waals surface area (Å²) in [6.45, 7) is 5.75. The fourth-order valence-electron chi connectivity index (χ4n) is 3.69. The fourth-order valence-corrected chi connectivity index (χ4v) is 4.30. The van der Waals surface area contributed by atoms with Gasteiger partial charge < -0.3 is 5.32 Å². The van der Waals surface area contributed by atoms with E-state index in [-0.39, 0.29) is 11.9 Å². The minimum Gasteiger partial charge on any atom is -0.306 e. The van der Waals surface area contributed by atoms with Gasteiger partial charge in [-0.15, -0.1) is 11.3 Å². The van der Waals surface area contributed by atoms with Gasteiger partial charge in [-0.3, -0.25) is 14.4 Å². The fraction of sp³-hybridized carbons (Fsp3) is 0.450. The van der Waals surface area contributed by atoms with Crippen LogP contribution in [0, 0.1) is 13.8 Å². The maximum Gasteiger partial charge on any atom is 0.260 e. The number of anilines is 1. The summed E-state index contributed by atoms with van der Waals surface area (Å²) in [7, 11) is 1.78. The number of carbonyl (C=O) groups is 1. The zero-order chi connectivity index (χ0) is 20.4. The molecule has 1 unspecified atom stereocenters.